The van der Waals surface area contributed by atoms with E-state index in [0.29, 0.717) is 15.6 Å². The molecule has 0 amide bonds. The number of piperazine rings is 1. The molecule has 1 fully saturated rings. The molecule has 2 rings (SSSR count). The highest BCUT2D eigenvalue weighted by Gasteiger charge is 2.33. The first kappa shape index (κ1) is 14.9. The van der Waals surface area contributed by atoms with E-state index in [0.717, 1.165) is 24.4 Å². The van der Waals surface area contributed by atoms with Gasteiger partial charge in [-0.25, -0.2) is 8.42 Å². The Labute approximate surface area is 123 Å². The number of nitrogens with zero attached hydrogens (tertiary/aromatic N) is 2. The van der Waals surface area contributed by atoms with Crippen molar-refractivity contribution in [1.29, 1.82) is 0 Å². The second kappa shape index (κ2) is 5.45. The number of sulfonamides is 1. The Hall–Kier alpha value is -0.540. The Bertz CT molecular complexity index is 582. The first-order valence-corrected chi connectivity index (χ1v) is 8.59. The molecule has 0 spiro atoms. The smallest absolute Gasteiger partial charge is 0.252 e. The quantitative estimate of drug-likeness (QED) is 0.831. The molecule has 1 atom stereocenters. The fourth-order valence-electron chi connectivity index (χ4n) is 2.19. The number of nitrogens with two attached hydrogens (primary N) is 1. The molecule has 106 valence electrons. The average molecular weight is 319 g/mol. The van der Waals surface area contributed by atoms with Crippen molar-refractivity contribution < 1.29 is 8.42 Å². The molecule has 1 aliphatic rings. The minimum absolute atomic E-state index is 0.0286. The average Bonchev–Trinajstić information content (AvgIpc) is 2.78. The first-order valence-electron chi connectivity index (χ1n) is 5.92. The van der Waals surface area contributed by atoms with Gasteiger partial charge in [0.05, 0.1) is 4.88 Å². The summed E-state index contributed by atoms with van der Waals surface area (Å²) in [4.78, 5) is 3.00. The molecule has 8 heteroatoms. The van der Waals surface area contributed by atoms with Crippen LogP contribution in [0, 0.1) is 0 Å². The van der Waals surface area contributed by atoms with E-state index in [1.165, 1.54) is 0 Å². The Morgan fingerprint density at radius 1 is 1.47 bits per heavy atom. The van der Waals surface area contributed by atoms with Crippen LogP contribution in [-0.4, -0.2) is 55.3 Å². The van der Waals surface area contributed by atoms with Crippen LogP contribution >= 0.6 is 23.6 Å². The number of thiophene rings is 1. The van der Waals surface area contributed by atoms with Gasteiger partial charge in [-0.05, 0) is 26.1 Å². The van der Waals surface area contributed by atoms with Crippen molar-refractivity contribution in [3.63, 3.8) is 0 Å². The predicted molar refractivity (Wildman–Crippen MR) is 81.1 cm³/mol. The van der Waals surface area contributed by atoms with Gasteiger partial charge in [0, 0.05) is 25.7 Å². The van der Waals surface area contributed by atoms with Crippen molar-refractivity contribution in [2.45, 2.75) is 17.2 Å². The van der Waals surface area contributed by atoms with E-state index < -0.39 is 10.0 Å². The Balaban J connectivity index is 2.28. The highest BCUT2D eigenvalue weighted by atomic mass is 32.2. The van der Waals surface area contributed by atoms with Gasteiger partial charge >= 0.3 is 0 Å². The summed E-state index contributed by atoms with van der Waals surface area (Å²) >= 11 is 6.00. The van der Waals surface area contributed by atoms with E-state index in [-0.39, 0.29) is 11.0 Å². The van der Waals surface area contributed by atoms with E-state index >= 15 is 0 Å². The maximum Gasteiger partial charge on any atom is 0.252 e. The van der Waals surface area contributed by atoms with E-state index in [9.17, 15) is 8.42 Å². The van der Waals surface area contributed by atoms with Gasteiger partial charge in [0.15, 0.2) is 0 Å². The first-order chi connectivity index (χ1) is 8.82. The molecule has 5 nitrogen and oxygen atoms in total. The van der Waals surface area contributed by atoms with Crippen LogP contribution in [-0.2, 0) is 10.0 Å². The third-order valence-electron chi connectivity index (χ3n) is 3.16. The van der Waals surface area contributed by atoms with Crippen LogP contribution in [0.15, 0.2) is 16.3 Å². The van der Waals surface area contributed by atoms with Gasteiger partial charge in [-0.15, -0.1) is 11.3 Å². The third kappa shape index (κ3) is 2.97. The molecule has 19 heavy (non-hydrogen) atoms. The second-order valence-corrected chi connectivity index (χ2v) is 8.35. The molecule has 2 heterocycles. The van der Waals surface area contributed by atoms with Crippen LogP contribution in [0.25, 0.3) is 0 Å². The molecule has 1 aliphatic heterocycles. The monoisotopic (exact) mass is 319 g/mol. The molecule has 0 aromatic carbocycles. The Kier molecular flexibility index (Phi) is 4.26. The molecule has 0 bridgehead atoms. The fourth-order valence-corrected chi connectivity index (χ4v) is 5.28. The number of likely N-dealkylation sites (N-methyl/N-ethyl adjacent to an activating group) is 1. The zero-order valence-corrected chi connectivity index (χ0v) is 13.3. The van der Waals surface area contributed by atoms with E-state index in [4.69, 9.17) is 18.0 Å². The number of hydrogen-bond donors (Lipinski definition) is 1. The summed E-state index contributed by atoms with van der Waals surface area (Å²) in [6.45, 7) is 3.93. The topological polar surface area (TPSA) is 66.6 Å². The molecule has 0 radical (unpaired) electrons. The summed E-state index contributed by atoms with van der Waals surface area (Å²) in [5.41, 5.74) is 5.52. The van der Waals surface area contributed by atoms with Crippen molar-refractivity contribution in [2.24, 2.45) is 5.73 Å². The highest BCUT2D eigenvalue weighted by Crippen LogP contribution is 2.27. The molecular weight excluding hydrogens is 302 g/mol. The zero-order chi connectivity index (χ0) is 14.2. The number of hydrogen-bond acceptors (Lipinski definition) is 5. The van der Waals surface area contributed by atoms with Crippen LogP contribution in [0.3, 0.4) is 0 Å². The van der Waals surface area contributed by atoms with Gasteiger partial charge in [0.2, 0.25) is 0 Å². The van der Waals surface area contributed by atoms with Crippen LogP contribution in [0.5, 0.6) is 0 Å². The fraction of sp³-hybridized carbons (Fsp3) is 0.545. The number of rotatable bonds is 3. The molecular formula is C11H17N3O2S3. The van der Waals surface area contributed by atoms with Crippen molar-refractivity contribution in [1.82, 2.24) is 9.21 Å². The Morgan fingerprint density at radius 3 is 2.68 bits per heavy atom. The Morgan fingerprint density at radius 2 is 2.16 bits per heavy atom. The summed E-state index contributed by atoms with van der Waals surface area (Å²) in [5.74, 6) is 0. The van der Waals surface area contributed by atoms with Gasteiger partial charge in [0.1, 0.15) is 9.20 Å². The van der Waals surface area contributed by atoms with E-state index in [1.807, 2.05) is 14.0 Å². The maximum atomic E-state index is 12.6. The van der Waals surface area contributed by atoms with E-state index in [1.54, 1.807) is 16.4 Å². The van der Waals surface area contributed by atoms with Gasteiger partial charge in [0.25, 0.3) is 10.0 Å². The normalized spacial score (nSPS) is 22.5. The lowest BCUT2D eigenvalue weighted by atomic mass is 10.2. The maximum absolute atomic E-state index is 12.6. The van der Waals surface area contributed by atoms with Gasteiger partial charge in [-0.1, -0.05) is 12.2 Å². The molecule has 1 aromatic rings. The lowest BCUT2D eigenvalue weighted by molar-refractivity contribution is 0.170. The molecule has 1 unspecified atom stereocenters. The molecule has 0 saturated carbocycles. The minimum atomic E-state index is -3.44. The zero-order valence-electron chi connectivity index (χ0n) is 10.9. The van der Waals surface area contributed by atoms with Crippen molar-refractivity contribution in [2.75, 3.05) is 26.7 Å². The van der Waals surface area contributed by atoms with Gasteiger partial charge in [-0.3, -0.25) is 0 Å². The second-order valence-electron chi connectivity index (χ2n) is 4.71. The van der Waals surface area contributed by atoms with Gasteiger partial charge < -0.3 is 10.6 Å². The largest absolute Gasteiger partial charge is 0.389 e. The van der Waals surface area contributed by atoms with E-state index in [2.05, 4.69) is 4.90 Å². The minimum Gasteiger partial charge on any atom is -0.389 e. The molecule has 1 saturated heterocycles. The lowest BCUT2D eigenvalue weighted by Crippen LogP contribution is -2.52. The summed E-state index contributed by atoms with van der Waals surface area (Å²) in [5, 5.41) is 0. The summed E-state index contributed by atoms with van der Waals surface area (Å²) in [6.07, 6.45) is 0. The highest BCUT2D eigenvalue weighted by molar-refractivity contribution is 7.91. The van der Waals surface area contributed by atoms with Crippen LogP contribution < -0.4 is 5.73 Å². The van der Waals surface area contributed by atoms with Gasteiger partial charge in [-0.2, -0.15) is 4.31 Å². The summed E-state index contributed by atoms with van der Waals surface area (Å²) in [7, 11) is -1.44. The van der Waals surface area contributed by atoms with Crippen LogP contribution in [0.4, 0.5) is 0 Å². The standard InChI is InChI=1S/C11H17N3O2S3/c1-8-7-13(2)5-6-14(8)19(15,16)10-4-3-9(18-10)11(12)17/h3-4,8H,5-7H2,1-2H3,(H2,12,17). The molecule has 0 aliphatic carbocycles. The lowest BCUT2D eigenvalue weighted by Gasteiger charge is -2.36. The SMILES string of the molecule is CC1CN(C)CCN1S(=O)(=O)c1ccc(C(N)=S)s1. The third-order valence-corrected chi connectivity index (χ3v) is 7.11. The van der Waals surface area contributed by atoms with Crippen molar-refractivity contribution in [3.05, 3.63) is 17.0 Å². The summed E-state index contributed by atoms with van der Waals surface area (Å²) in [6, 6.07) is 3.22. The number of thiocarbonyl (C=S) groups is 1. The summed E-state index contributed by atoms with van der Waals surface area (Å²) < 4.78 is 27.0. The van der Waals surface area contributed by atoms with Crippen molar-refractivity contribution >= 4 is 38.6 Å². The van der Waals surface area contributed by atoms with Crippen LogP contribution in [0.1, 0.15) is 11.8 Å². The van der Waals surface area contributed by atoms with Crippen molar-refractivity contribution in [3.8, 4) is 0 Å². The molecule has 1 aromatic heterocycles. The van der Waals surface area contributed by atoms with Crippen LogP contribution in [0.2, 0.25) is 0 Å². The molecule has 2 N–H and O–H groups in total. The predicted octanol–water partition coefficient (Wildman–Crippen LogP) is 0.707.